The van der Waals surface area contributed by atoms with Crippen molar-refractivity contribution in [2.24, 2.45) is 11.1 Å². The smallest absolute Gasteiger partial charge is 0.131 e. The molecule has 1 saturated carbocycles. The SMILES string of the molecule is COc1cc(OC)c(C(N)C2(C)CCCC2)c(OC)c1. The number of rotatable bonds is 5. The first kappa shape index (κ1) is 15.0. The average Bonchev–Trinajstić information content (AvgIpc) is 2.92. The van der Waals surface area contributed by atoms with E-state index in [0.717, 1.165) is 29.9 Å². The Morgan fingerprint density at radius 3 is 1.90 bits per heavy atom. The van der Waals surface area contributed by atoms with E-state index in [1.807, 2.05) is 12.1 Å². The molecule has 0 saturated heterocycles. The van der Waals surface area contributed by atoms with Crippen LogP contribution in [0.1, 0.15) is 44.2 Å². The molecule has 1 aromatic rings. The molecule has 2 rings (SSSR count). The van der Waals surface area contributed by atoms with E-state index < -0.39 is 0 Å². The van der Waals surface area contributed by atoms with E-state index in [-0.39, 0.29) is 11.5 Å². The molecular weight excluding hydrogens is 254 g/mol. The van der Waals surface area contributed by atoms with Crippen LogP contribution in [0.2, 0.25) is 0 Å². The molecule has 0 spiro atoms. The third kappa shape index (κ3) is 2.57. The van der Waals surface area contributed by atoms with Crippen LogP contribution in [0.3, 0.4) is 0 Å². The quantitative estimate of drug-likeness (QED) is 0.898. The van der Waals surface area contributed by atoms with Crippen LogP contribution in [0.5, 0.6) is 17.2 Å². The summed E-state index contributed by atoms with van der Waals surface area (Å²) in [6.45, 7) is 2.26. The highest BCUT2D eigenvalue weighted by Gasteiger charge is 2.38. The molecule has 1 fully saturated rings. The Bertz CT molecular complexity index is 442. The maximum atomic E-state index is 6.58. The van der Waals surface area contributed by atoms with E-state index in [1.54, 1.807) is 21.3 Å². The number of hydrogen-bond acceptors (Lipinski definition) is 4. The van der Waals surface area contributed by atoms with Gasteiger partial charge in [-0.15, -0.1) is 0 Å². The molecule has 4 heteroatoms. The fourth-order valence-corrected chi connectivity index (χ4v) is 3.18. The van der Waals surface area contributed by atoms with Gasteiger partial charge in [0.15, 0.2) is 0 Å². The van der Waals surface area contributed by atoms with Gasteiger partial charge in [0.25, 0.3) is 0 Å². The second kappa shape index (κ2) is 5.92. The number of ether oxygens (including phenoxy) is 3. The van der Waals surface area contributed by atoms with Crippen LogP contribution in [-0.2, 0) is 0 Å². The van der Waals surface area contributed by atoms with E-state index in [9.17, 15) is 0 Å². The number of hydrogen-bond donors (Lipinski definition) is 1. The van der Waals surface area contributed by atoms with Crippen molar-refractivity contribution in [3.8, 4) is 17.2 Å². The highest BCUT2D eigenvalue weighted by Crippen LogP contribution is 2.50. The van der Waals surface area contributed by atoms with E-state index >= 15 is 0 Å². The molecule has 0 aromatic heterocycles. The summed E-state index contributed by atoms with van der Waals surface area (Å²) in [6.07, 6.45) is 4.77. The molecule has 2 N–H and O–H groups in total. The van der Waals surface area contributed by atoms with Gasteiger partial charge in [-0.1, -0.05) is 19.8 Å². The van der Waals surface area contributed by atoms with E-state index in [1.165, 1.54) is 12.8 Å². The topological polar surface area (TPSA) is 53.7 Å². The van der Waals surface area contributed by atoms with Crippen molar-refractivity contribution in [1.29, 1.82) is 0 Å². The molecule has 20 heavy (non-hydrogen) atoms. The molecule has 0 aliphatic heterocycles. The van der Waals surface area contributed by atoms with Crippen molar-refractivity contribution in [3.05, 3.63) is 17.7 Å². The van der Waals surface area contributed by atoms with Gasteiger partial charge in [0.2, 0.25) is 0 Å². The van der Waals surface area contributed by atoms with Gasteiger partial charge in [-0.2, -0.15) is 0 Å². The molecule has 1 aliphatic rings. The van der Waals surface area contributed by atoms with E-state index in [0.29, 0.717) is 5.75 Å². The molecule has 1 aliphatic carbocycles. The molecule has 4 nitrogen and oxygen atoms in total. The number of methoxy groups -OCH3 is 3. The third-order valence-corrected chi connectivity index (χ3v) is 4.56. The van der Waals surface area contributed by atoms with E-state index in [2.05, 4.69) is 6.92 Å². The second-order valence-corrected chi connectivity index (χ2v) is 5.78. The Kier molecular flexibility index (Phi) is 4.43. The highest BCUT2D eigenvalue weighted by atomic mass is 16.5. The first-order valence-corrected chi connectivity index (χ1v) is 7.11. The summed E-state index contributed by atoms with van der Waals surface area (Å²) in [5, 5.41) is 0. The van der Waals surface area contributed by atoms with Crippen LogP contribution in [0.25, 0.3) is 0 Å². The van der Waals surface area contributed by atoms with Crippen LogP contribution in [-0.4, -0.2) is 21.3 Å². The summed E-state index contributed by atoms with van der Waals surface area (Å²) in [4.78, 5) is 0. The van der Waals surface area contributed by atoms with Gasteiger partial charge in [-0.3, -0.25) is 0 Å². The monoisotopic (exact) mass is 279 g/mol. The predicted octanol–water partition coefficient (Wildman–Crippen LogP) is 3.29. The summed E-state index contributed by atoms with van der Waals surface area (Å²) in [5.41, 5.74) is 7.63. The van der Waals surface area contributed by atoms with Crippen LogP contribution < -0.4 is 19.9 Å². The number of benzene rings is 1. The minimum atomic E-state index is -0.0965. The summed E-state index contributed by atoms with van der Waals surface area (Å²) < 4.78 is 16.3. The first-order chi connectivity index (χ1) is 9.55. The Morgan fingerprint density at radius 2 is 1.50 bits per heavy atom. The largest absolute Gasteiger partial charge is 0.496 e. The normalized spacial score (nSPS) is 18.6. The zero-order chi connectivity index (χ0) is 14.8. The molecule has 0 bridgehead atoms. The van der Waals surface area contributed by atoms with Gasteiger partial charge in [0.05, 0.1) is 26.9 Å². The molecule has 1 atom stereocenters. The summed E-state index contributed by atoms with van der Waals surface area (Å²) in [5.74, 6) is 2.19. The van der Waals surface area contributed by atoms with Crippen molar-refractivity contribution in [3.63, 3.8) is 0 Å². The van der Waals surface area contributed by atoms with Crippen LogP contribution in [0.4, 0.5) is 0 Å². The van der Waals surface area contributed by atoms with Crippen molar-refractivity contribution in [2.75, 3.05) is 21.3 Å². The molecule has 112 valence electrons. The molecular formula is C16H25NO3. The molecule has 0 amide bonds. The Labute approximate surface area is 121 Å². The van der Waals surface area contributed by atoms with Gasteiger partial charge in [-0.25, -0.2) is 0 Å². The lowest BCUT2D eigenvalue weighted by atomic mass is 9.77. The third-order valence-electron chi connectivity index (χ3n) is 4.56. The Hall–Kier alpha value is -1.42. The first-order valence-electron chi connectivity index (χ1n) is 7.11. The van der Waals surface area contributed by atoms with Gasteiger partial charge < -0.3 is 19.9 Å². The van der Waals surface area contributed by atoms with Gasteiger partial charge in [0, 0.05) is 18.2 Å². The fraction of sp³-hybridized carbons (Fsp3) is 0.625. The minimum Gasteiger partial charge on any atom is -0.496 e. The van der Waals surface area contributed by atoms with Crippen LogP contribution in [0.15, 0.2) is 12.1 Å². The Balaban J connectivity index is 2.48. The Morgan fingerprint density at radius 1 is 1.00 bits per heavy atom. The lowest BCUT2D eigenvalue weighted by Crippen LogP contribution is -2.30. The van der Waals surface area contributed by atoms with Crippen molar-refractivity contribution in [1.82, 2.24) is 0 Å². The van der Waals surface area contributed by atoms with Crippen molar-refractivity contribution in [2.45, 2.75) is 38.6 Å². The zero-order valence-corrected chi connectivity index (χ0v) is 12.9. The molecule has 0 radical (unpaired) electrons. The van der Waals surface area contributed by atoms with Gasteiger partial charge in [0.1, 0.15) is 17.2 Å². The number of nitrogens with two attached hydrogens (primary N) is 1. The maximum Gasteiger partial charge on any atom is 0.131 e. The molecule has 1 unspecified atom stereocenters. The fourth-order valence-electron chi connectivity index (χ4n) is 3.18. The predicted molar refractivity (Wildman–Crippen MR) is 79.6 cm³/mol. The van der Waals surface area contributed by atoms with Crippen LogP contribution >= 0.6 is 0 Å². The van der Waals surface area contributed by atoms with Crippen molar-refractivity contribution < 1.29 is 14.2 Å². The highest BCUT2D eigenvalue weighted by molar-refractivity contribution is 5.52. The lowest BCUT2D eigenvalue weighted by molar-refractivity contribution is 0.251. The van der Waals surface area contributed by atoms with Gasteiger partial charge >= 0.3 is 0 Å². The van der Waals surface area contributed by atoms with E-state index in [4.69, 9.17) is 19.9 Å². The minimum absolute atomic E-state index is 0.0965. The summed E-state index contributed by atoms with van der Waals surface area (Å²) in [6, 6.07) is 3.65. The zero-order valence-electron chi connectivity index (χ0n) is 12.9. The summed E-state index contributed by atoms with van der Waals surface area (Å²) in [7, 11) is 4.94. The van der Waals surface area contributed by atoms with Gasteiger partial charge in [-0.05, 0) is 18.3 Å². The molecule has 1 aromatic carbocycles. The van der Waals surface area contributed by atoms with Crippen molar-refractivity contribution >= 4 is 0 Å². The second-order valence-electron chi connectivity index (χ2n) is 5.78. The average molecular weight is 279 g/mol. The molecule has 0 heterocycles. The summed E-state index contributed by atoms with van der Waals surface area (Å²) >= 11 is 0. The van der Waals surface area contributed by atoms with Crippen LogP contribution in [0, 0.1) is 5.41 Å². The lowest BCUT2D eigenvalue weighted by Gasteiger charge is -2.33. The maximum absolute atomic E-state index is 6.58. The standard InChI is InChI=1S/C16H25NO3/c1-16(7-5-6-8-16)15(17)14-12(19-3)9-11(18-2)10-13(14)20-4/h9-10,15H,5-8,17H2,1-4H3.